The molecule has 0 bridgehead atoms. The monoisotopic (exact) mass is 338 g/mol. The quantitative estimate of drug-likeness (QED) is 0.556. The first-order chi connectivity index (χ1) is 7.36. The third kappa shape index (κ3) is 3.25. The summed E-state index contributed by atoms with van der Waals surface area (Å²) in [5.74, 6) is 0. The molecule has 0 saturated heterocycles. The van der Waals surface area contributed by atoms with Gasteiger partial charge in [0, 0.05) is 0 Å². The van der Waals surface area contributed by atoms with E-state index >= 15 is 0 Å². The lowest BCUT2D eigenvalue weighted by atomic mass is 9.99. The van der Waals surface area contributed by atoms with Crippen LogP contribution in [-0.2, 0) is 0 Å². The van der Waals surface area contributed by atoms with E-state index in [1.807, 2.05) is 6.92 Å². The average molecular weight is 341 g/mol. The van der Waals surface area contributed by atoms with Gasteiger partial charge in [0.25, 0.3) is 0 Å². The van der Waals surface area contributed by atoms with E-state index in [1.54, 1.807) is 12.1 Å². The van der Waals surface area contributed by atoms with Gasteiger partial charge in [-0.25, -0.2) is 0 Å². The maximum absolute atomic E-state index is 5.90. The summed E-state index contributed by atoms with van der Waals surface area (Å²) in [6.45, 7) is 1.83. The van der Waals surface area contributed by atoms with Crippen LogP contribution in [-0.4, -0.2) is 0 Å². The zero-order chi connectivity index (χ0) is 12.5. The fourth-order valence-electron chi connectivity index (χ4n) is 1.48. The summed E-state index contributed by atoms with van der Waals surface area (Å²) in [6.07, 6.45) is 0. The van der Waals surface area contributed by atoms with Crippen molar-refractivity contribution in [1.29, 1.82) is 0 Å². The molecule has 6 heteroatoms. The molecule has 0 unspecified atom stereocenters. The van der Waals surface area contributed by atoms with Gasteiger partial charge in [0.1, 0.15) is 14.5 Å². The Balaban J connectivity index is 3.42. The summed E-state index contributed by atoms with van der Waals surface area (Å²) in [7, 11) is 0. The predicted molar refractivity (Wildman–Crippen MR) is 74.5 cm³/mol. The molecule has 16 heavy (non-hydrogen) atoms. The first-order valence-electron chi connectivity index (χ1n) is 4.34. The van der Waals surface area contributed by atoms with E-state index in [2.05, 4.69) is 0 Å². The van der Waals surface area contributed by atoms with E-state index in [0.717, 1.165) is 11.1 Å². The van der Waals surface area contributed by atoms with Crippen LogP contribution in [0.15, 0.2) is 12.1 Å². The standard InChI is InChI=1S/C10H8Cl6/c1-4-5(8(11)12)2-3-6(9(13)14)7(4)10(15)16/h2-3,8-10H,1H3. The maximum atomic E-state index is 5.90. The van der Waals surface area contributed by atoms with Crippen LogP contribution < -0.4 is 0 Å². The topological polar surface area (TPSA) is 0 Å². The molecule has 0 heterocycles. The van der Waals surface area contributed by atoms with Crippen molar-refractivity contribution < 1.29 is 0 Å². The van der Waals surface area contributed by atoms with Gasteiger partial charge in [-0.1, -0.05) is 12.1 Å². The summed E-state index contributed by atoms with van der Waals surface area (Å²) in [4.78, 5) is -2.04. The molecule has 0 aliphatic carbocycles. The Labute approximate surface area is 125 Å². The molecular formula is C10H8Cl6. The highest BCUT2D eigenvalue weighted by molar-refractivity contribution is 6.46. The summed E-state index contributed by atoms with van der Waals surface area (Å²) in [5, 5.41) is 0. The van der Waals surface area contributed by atoms with Gasteiger partial charge in [-0.15, -0.1) is 69.6 Å². The van der Waals surface area contributed by atoms with Crippen LogP contribution in [0, 0.1) is 6.92 Å². The number of hydrogen-bond acceptors (Lipinski definition) is 0. The molecule has 0 nitrogen and oxygen atoms in total. The molecule has 1 aromatic carbocycles. The summed E-state index contributed by atoms with van der Waals surface area (Å²) in [5.41, 5.74) is 2.91. The van der Waals surface area contributed by atoms with Crippen LogP contribution in [0.25, 0.3) is 0 Å². The molecule has 1 aromatic rings. The van der Waals surface area contributed by atoms with Crippen molar-refractivity contribution >= 4 is 69.6 Å². The molecule has 0 spiro atoms. The van der Waals surface area contributed by atoms with Gasteiger partial charge in [-0.2, -0.15) is 0 Å². The van der Waals surface area contributed by atoms with E-state index < -0.39 is 14.5 Å². The first-order valence-corrected chi connectivity index (χ1v) is 6.95. The smallest absolute Gasteiger partial charge is 0.100 e. The summed E-state index contributed by atoms with van der Waals surface area (Å²) >= 11 is 35.1. The zero-order valence-electron chi connectivity index (χ0n) is 8.15. The second-order valence-corrected chi connectivity index (χ2v) is 6.47. The van der Waals surface area contributed by atoms with Crippen LogP contribution in [0.4, 0.5) is 0 Å². The number of hydrogen-bond donors (Lipinski definition) is 0. The van der Waals surface area contributed by atoms with Crippen molar-refractivity contribution in [3.8, 4) is 0 Å². The minimum absolute atomic E-state index is 0.635. The van der Waals surface area contributed by atoms with Crippen molar-refractivity contribution in [2.75, 3.05) is 0 Å². The van der Waals surface area contributed by atoms with Gasteiger partial charge < -0.3 is 0 Å². The predicted octanol–water partition coefficient (Wildman–Crippen LogP) is 6.42. The Morgan fingerprint density at radius 2 is 1.19 bits per heavy atom. The van der Waals surface area contributed by atoms with E-state index in [9.17, 15) is 0 Å². The third-order valence-electron chi connectivity index (χ3n) is 2.28. The lowest BCUT2D eigenvalue weighted by molar-refractivity contribution is 1.13. The third-order valence-corrected chi connectivity index (χ3v) is 3.66. The molecule has 0 N–H and O–H groups in total. The van der Waals surface area contributed by atoms with Gasteiger partial charge in [0.05, 0.1) is 0 Å². The first kappa shape index (κ1) is 15.0. The zero-order valence-corrected chi connectivity index (χ0v) is 12.7. The van der Waals surface area contributed by atoms with Gasteiger partial charge >= 0.3 is 0 Å². The van der Waals surface area contributed by atoms with Crippen LogP contribution >= 0.6 is 69.6 Å². The number of benzene rings is 1. The Hall–Kier alpha value is 0.960. The fourth-order valence-corrected chi connectivity index (χ4v) is 2.92. The Morgan fingerprint density at radius 1 is 0.750 bits per heavy atom. The van der Waals surface area contributed by atoms with Crippen molar-refractivity contribution in [3.63, 3.8) is 0 Å². The molecule has 90 valence electrons. The van der Waals surface area contributed by atoms with Crippen LogP contribution in [0.3, 0.4) is 0 Å². The highest BCUT2D eigenvalue weighted by atomic mass is 35.5. The SMILES string of the molecule is Cc1c(C(Cl)Cl)ccc(C(Cl)Cl)c1C(Cl)Cl. The fraction of sp³-hybridized carbons (Fsp3) is 0.400. The normalized spacial score (nSPS) is 11.9. The lowest BCUT2D eigenvalue weighted by Crippen LogP contribution is -2.01. The minimum Gasteiger partial charge on any atom is -0.100 e. The van der Waals surface area contributed by atoms with E-state index in [1.165, 1.54) is 0 Å². The van der Waals surface area contributed by atoms with E-state index in [4.69, 9.17) is 69.6 Å². The van der Waals surface area contributed by atoms with Crippen LogP contribution in [0.5, 0.6) is 0 Å². The molecule has 1 rings (SSSR count). The van der Waals surface area contributed by atoms with Crippen molar-refractivity contribution in [3.05, 3.63) is 34.4 Å². The molecule has 0 saturated carbocycles. The molecule has 0 amide bonds. The highest BCUT2D eigenvalue weighted by Crippen LogP contribution is 2.41. The molecule has 0 aliphatic heterocycles. The van der Waals surface area contributed by atoms with Crippen LogP contribution in [0.2, 0.25) is 0 Å². The number of alkyl halides is 6. The van der Waals surface area contributed by atoms with Crippen LogP contribution in [0.1, 0.15) is 36.8 Å². The Bertz CT molecular complexity index is 372. The average Bonchev–Trinajstić information content (AvgIpc) is 2.15. The second kappa shape index (κ2) is 6.22. The second-order valence-electron chi connectivity index (χ2n) is 3.18. The lowest BCUT2D eigenvalue weighted by Gasteiger charge is -2.18. The summed E-state index contributed by atoms with van der Waals surface area (Å²) < 4.78 is 0. The van der Waals surface area contributed by atoms with Crippen molar-refractivity contribution in [1.82, 2.24) is 0 Å². The number of halogens is 6. The van der Waals surface area contributed by atoms with E-state index in [0.29, 0.717) is 11.1 Å². The minimum atomic E-state index is -0.720. The molecule has 0 fully saturated rings. The maximum Gasteiger partial charge on any atom is 0.133 e. The van der Waals surface area contributed by atoms with Crippen molar-refractivity contribution in [2.24, 2.45) is 0 Å². The molecule has 0 radical (unpaired) electrons. The van der Waals surface area contributed by atoms with Crippen molar-refractivity contribution in [2.45, 2.75) is 21.4 Å². The molecule has 0 aromatic heterocycles. The largest absolute Gasteiger partial charge is 0.133 e. The van der Waals surface area contributed by atoms with E-state index in [-0.39, 0.29) is 0 Å². The number of rotatable bonds is 3. The highest BCUT2D eigenvalue weighted by Gasteiger charge is 2.21. The molecular weight excluding hydrogens is 333 g/mol. The van der Waals surface area contributed by atoms with Gasteiger partial charge in [-0.05, 0) is 29.2 Å². The molecule has 0 aliphatic rings. The Morgan fingerprint density at radius 3 is 1.56 bits per heavy atom. The molecule has 0 atom stereocenters. The van der Waals surface area contributed by atoms with Gasteiger partial charge in [0.2, 0.25) is 0 Å². The summed E-state index contributed by atoms with van der Waals surface area (Å²) in [6, 6.07) is 3.50. The van der Waals surface area contributed by atoms with Gasteiger partial charge in [0.15, 0.2) is 0 Å². The Kier molecular flexibility index (Phi) is 5.84. The van der Waals surface area contributed by atoms with Gasteiger partial charge in [-0.3, -0.25) is 0 Å².